The molecule has 2 aromatic rings. The first-order valence-corrected chi connectivity index (χ1v) is 19.7. The van der Waals surface area contributed by atoms with Gasteiger partial charge in [-0.3, -0.25) is 14.3 Å². The maximum Gasteiger partial charge on any atom is 0.280 e. The third-order valence-electron chi connectivity index (χ3n) is 8.11. The summed E-state index contributed by atoms with van der Waals surface area (Å²) in [5, 5.41) is 0. The first kappa shape index (κ1) is 38.1. The highest BCUT2D eigenvalue weighted by molar-refractivity contribution is 8.06. The van der Waals surface area contributed by atoms with Gasteiger partial charge in [-0.15, -0.1) is 0 Å². The van der Waals surface area contributed by atoms with Gasteiger partial charge in [-0.2, -0.15) is 4.98 Å². The number of nitrogen functional groups attached to an aromatic ring is 1. The Bertz CT molecular complexity index is 1240. The van der Waals surface area contributed by atoms with Crippen LogP contribution >= 0.6 is 6.72 Å². The predicted molar refractivity (Wildman–Crippen MR) is 181 cm³/mol. The molecule has 0 amide bonds. The fraction of sp³-hybridized carbons (Fsp3) is 0.844. The van der Waals surface area contributed by atoms with E-state index in [0.717, 1.165) is 19.3 Å². The van der Waals surface area contributed by atoms with Crippen LogP contribution in [0, 0.1) is 5.92 Å². The third-order valence-corrected chi connectivity index (χ3v) is 9.81. The molecule has 3 heterocycles. The molecule has 1 aliphatic rings. The number of unbranched alkanes of at least 4 members (excludes halogenated alkanes) is 13. The van der Waals surface area contributed by atoms with Gasteiger partial charge >= 0.3 is 0 Å². The van der Waals surface area contributed by atoms with Gasteiger partial charge in [0.2, 0.25) is 5.95 Å². The first-order chi connectivity index (χ1) is 21.5. The molecular weight excluding hydrogens is 613 g/mol. The third kappa shape index (κ3) is 12.6. The Kier molecular flexibility index (Phi) is 16.4. The lowest BCUT2D eigenvalue weighted by Crippen LogP contribution is -2.38. The van der Waals surface area contributed by atoms with Crippen molar-refractivity contribution in [2.24, 2.45) is 5.92 Å². The topological polar surface area (TPSA) is 150 Å². The van der Waals surface area contributed by atoms with Gasteiger partial charge in [0.05, 0.1) is 18.5 Å². The molecule has 0 spiro atoms. The van der Waals surface area contributed by atoms with Crippen LogP contribution < -0.4 is 16.2 Å². The van der Waals surface area contributed by atoms with E-state index in [9.17, 15) is 9.69 Å². The largest absolute Gasteiger partial charge is 0.780 e. The number of nitrogens with two attached hydrogens (primary N) is 1. The second-order valence-electron chi connectivity index (χ2n) is 13.1. The van der Waals surface area contributed by atoms with Crippen molar-refractivity contribution < 1.29 is 23.4 Å². The standard InChI is InChI=1S/C32H58N5O6PS/c1-6-7-8-9-10-11-12-13-14-15-16-17-18-19-20-40-28-27(43-44(39,45)42-24(4)5)25(21-23(2)3)41-31(28)37-22-34-26-29(37)35-32(33)36-30(26)38/h22-25,27-28,31H,6-21H2,1-5H3,(H,39,45)(H3,33,35,36,38)/p-1/t25-,27?,28+,31-,44?/m1/s1. The highest BCUT2D eigenvalue weighted by Crippen LogP contribution is 2.48. The number of hydrogen-bond acceptors (Lipinski definition) is 10. The van der Waals surface area contributed by atoms with E-state index in [4.69, 9.17) is 36.1 Å². The van der Waals surface area contributed by atoms with Crippen molar-refractivity contribution in [3.8, 4) is 0 Å². The minimum atomic E-state index is -3.85. The number of nitrogens with one attached hydrogen (secondary N) is 1. The predicted octanol–water partition coefficient (Wildman–Crippen LogP) is 6.91. The summed E-state index contributed by atoms with van der Waals surface area (Å²) in [6, 6.07) is 0. The van der Waals surface area contributed by atoms with Gasteiger partial charge in [0.15, 0.2) is 17.4 Å². The summed E-state index contributed by atoms with van der Waals surface area (Å²) < 4.78 is 26.2. The average molecular weight is 671 g/mol. The van der Waals surface area contributed by atoms with Crippen LogP contribution in [0.1, 0.15) is 137 Å². The average Bonchev–Trinajstić information content (AvgIpc) is 3.50. The van der Waals surface area contributed by atoms with E-state index >= 15 is 0 Å². The van der Waals surface area contributed by atoms with Crippen LogP contribution in [0.25, 0.3) is 11.2 Å². The zero-order valence-corrected chi connectivity index (χ0v) is 29.8. The molecule has 1 aliphatic heterocycles. The lowest BCUT2D eigenvalue weighted by molar-refractivity contribution is -0.218. The molecule has 0 bridgehead atoms. The number of hydrogen-bond donors (Lipinski definition) is 2. The molecule has 5 atom stereocenters. The van der Waals surface area contributed by atoms with Crippen molar-refractivity contribution in [2.75, 3.05) is 12.3 Å². The second-order valence-corrected chi connectivity index (χ2v) is 15.7. The Morgan fingerprint density at radius 1 is 1.00 bits per heavy atom. The Hall–Kier alpha value is -1.40. The monoisotopic (exact) mass is 670 g/mol. The number of anilines is 1. The van der Waals surface area contributed by atoms with Gasteiger partial charge in [-0.25, -0.2) is 4.98 Å². The molecule has 1 fully saturated rings. The van der Waals surface area contributed by atoms with Gasteiger partial charge in [0, 0.05) is 6.61 Å². The zero-order chi connectivity index (χ0) is 32.8. The normalized spacial score (nSPS) is 21.8. The number of imidazole rings is 1. The molecule has 45 heavy (non-hydrogen) atoms. The van der Waals surface area contributed by atoms with E-state index in [0.29, 0.717) is 13.0 Å². The van der Waals surface area contributed by atoms with Gasteiger partial charge in [0.1, 0.15) is 18.9 Å². The van der Waals surface area contributed by atoms with E-state index in [1.807, 2.05) is 0 Å². The van der Waals surface area contributed by atoms with E-state index < -0.39 is 36.8 Å². The summed E-state index contributed by atoms with van der Waals surface area (Å²) in [7, 11) is 0. The van der Waals surface area contributed by atoms with Crippen LogP contribution in [0.15, 0.2) is 11.1 Å². The molecule has 2 aromatic heterocycles. The fourth-order valence-electron chi connectivity index (χ4n) is 5.97. The Labute approximate surface area is 274 Å². The first-order valence-electron chi connectivity index (χ1n) is 17.2. The molecular formula is C32H57N5O6PS-. The van der Waals surface area contributed by atoms with E-state index in [1.165, 1.54) is 77.0 Å². The molecule has 3 N–H and O–H groups in total. The van der Waals surface area contributed by atoms with E-state index in [1.54, 1.807) is 18.4 Å². The van der Waals surface area contributed by atoms with E-state index in [2.05, 4.69) is 35.7 Å². The van der Waals surface area contributed by atoms with Gasteiger partial charge < -0.3 is 29.1 Å². The fourth-order valence-corrected chi connectivity index (χ4v) is 7.90. The summed E-state index contributed by atoms with van der Waals surface area (Å²) in [5.41, 5.74) is 5.83. The second kappa shape index (κ2) is 19.4. The van der Waals surface area contributed by atoms with Crippen LogP contribution in [0.5, 0.6) is 0 Å². The van der Waals surface area contributed by atoms with Gasteiger partial charge in [-0.05, 0) is 32.6 Å². The molecule has 258 valence electrons. The van der Waals surface area contributed by atoms with Crippen LogP contribution in [-0.4, -0.2) is 50.5 Å². The molecule has 2 unspecified atom stereocenters. The molecule has 0 saturated carbocycles. The minimum absolute atomic E-state index is 0.0287. The number of nitrogens with zero attached hydrogens (tertiary/aromatic N) is 3. The Morgan fingerprint density at radius 2 is 1.58 bits per heavy atom. The molecule has 11 nitrogen and oxygen atoms in total. The van der Waals surface area contributed by atoms with Crippen LogP contribution in [0.3, 0.4) is 0 Å². The number of H-pyrrole nitrogens is 1. The van der Waals surface area contributed by atoms with Crippen molar-refractivity contribution in [1.82, 2.24) is 19.5 Å². The zero-order valence-electron chi connectivity index (χ0n) is 28.1. The lowest BCUT2D eigenvalue weighted by atomic mass is 10.0. The molecule has 13 heteroatoms. The number of aromatic nitrogens is 4. The molecule has 1 saturated heterocycles. The summed E-state index contributed by atoms with van der Waals surface area (Å²) in [6.45, 7) is 6.55. The summed E-state index contributed by atoms with van der Waals surface area (Å²) >= 11 is 5.28. The quantitative estimate of drug-likeness (QED) is 0.0944. The maximum absolute atomic E-state index is 13.2. The van der Waals surface area contributed by atoms with Crippen LogP contribution in [0.4, 0.5) is 5.95 Å². The van der Waals surface area contributed by atoms with Crippen molar-refractivity contribution in [3.05, 3.63) is 16.7 Å². The van der Waals surface area contributed by atoms with Gasteiger partial charge in [-0.1, -0.05) is 116 Å². The van der Waals surface area contributed by atoms with Gasteiger partial charge in [0.25, 0.3) is 5.56 Å². The van der Waals surface area contributed by atoms with Crippen molar-refractivity contribution in [1.29, 1.82) is 0 Å². The number of aromatic amines is 1. The smallest absolute Gasteiger partial charge is 0.280 e. The molecule has 0 aliphatic carbocycles. The Morgan fingerprint density at radius 3 is 2.13 bits per heavy atom. The summed E-state index contributed by atoms with van der Waals surface area (Å²) in [4.78, 5) is 36.8. The molecule has 0 radical (unpaired) electrons. The Balaban J connectivity index is 1.60. The highest BCUT2D eigenvalue weighted by atomic mass is 32.5. The minimum Gasteiger partial charge on any atom is -0.780 e. The SMILES string of the molecule is CCCCCCCCCCCCCCCCO[C@H]1C(OP([O-])(=S)OC(C)C)[C@@H](CC(C)C)O[C@H]1n1cnc2c(=O)[nH]c(N)nc21. The maximum atomic E-state index is 13.2. The summed E-state index contributed by atoms with van der Waals surface area (Å²) in [5.74, 6) is 0.219. The van der Waals surface area contributed by atoms with Crippen molar-refractivity contribution in [3.63, 3.8) is 0 Å². The highest BCUT2D eigenvalue weighted by Gasteiger charge is 2.49. The summed E-state index contributed by atoms with van der Waals surface area (Å²) in [6.07, 6.45) is 16.8. The lowest BCUT2D eigenvalue weighted by Gasteiger charge is -2.35. The number of fused-ring (bicyclic) bond motifs is 1. The van der Waals surface area contributed by atoms with Crippen molar-refractivity contribution in [2.45, 2.75) is 162 Å². The van der Waals surface area contributed by atoms with Crippen LogP contribution in [-0.2, 0) is 30.3 Å². The molecule has 3 rings (SSSR count). The number of rotatable bonds is 23. The number of ether oxygens (including phenoxy) is 2. The van der Waals surface area contributed by atoms with Crippen molar-refractivity contribution >= 4 is 35.6 Å². The van der Waals surface area contributed by atoms with E-state index in [-0.39, 0.29) is 29.1 Å². The van der Waals surface area contributed by atoms with Crippen LogP contribution in [0.2, 0.25) is 0 Å². The molecule has 0 aromatic carbocycles.